The lowest BCUT2D eigenvalue weighted by molar-refractivity contribution is -0.118. The zero-order valence-corrected chi connectivity index (χ0v) is 20.5. The highest BCUT2D eigenvalue weighted by atomic mass is 35.5. The molecule has 0 radical (unpaired) electrons. The van der Waals surface area contributed by atoms with Gasteiger partial charge < -0.3 is 14.8 Å². The van der Waals surface area contributed by atoms with Crippen LogP contribution in [0.1, 0.15) is 29.3 Å². The second-order valence-corrected chi connectivity index (χ2v) is 9.11. The summed E-state index contributed by atoms with van der Waals surface area (Å²) in [5.41, 5.74) is 2.79. The molecule has 0 aliphatic rings. The van der Waals surface area contributed by atoms with E-state index in [1.165, 1.54) is 11.3 Å². The molecule has 0 fully saturated rings. The Morgan fingerprint density at radius 1 is 1.03 bits per heavy atom. The molecule has 0 bridgehead atoms. The Balaban J connectivity index is 1.59. The van der Waals surface area contributed by atoms with E-state index in [-0.39, 0.29) is 12.5 Å². The fraction of sp³-hybridized carbons (Fsp3) is 0.185. The number of fused-ring (bicyclic) bond motifs is 1. The predicted molar refractivity (Wildman–Crippen MR) is 138 cm³/mol. The number of amides is 1. The van der Waals surface area contributed by atoms with Crippen LogP contribution >= 0.6 is 22.9 Å². The third-order valence-electron chi connectivity index (χ3n) is 5.24. The van der Waals surface area contributed by atoms with Crippen LogP contribution in [0.3, 0.4) is 0 Å². The molecule has 1 aromatic heterocycles. The predicted octanol–water partition coefficient (Wildman–Crippen LogP) is 7.11. The van der Waals surface area contributed by atoms with Crippen LogP contribution in [-0.4, -0.2) is 25.1 Å². The topological polar surface area (TPSA) is 64.6 Å². The van der Waals surface area contributed by atoms with Crippen LogP contribution in [0.25, 0.3) is 21.9 Å². The fourth-order valence-electron chi connectivity index (χ4n) is 3.57. The second kappa shape index (κ2) is 10.7. The largest absolute Gasteiger partial charge is 0.483 e. The van der Waals surface area contributed by atoms with Crippen molar-refractivity contribution in [3.8, 4) is 16.9 Å². The van der Waals surface area contributed by atoms with Gasteiger partial charge in [0.15, 0.2) is 6.61 Å². The third-order valence-corrected chi connectivity index (χ3v) is 6.37. The smallest absolute Gasteiger partial charge is 0.341 e. The van der Waals surface area contributed by atoms with E-state index in [9.17, 15) is 9.59 Å². The highest BCUT2D eigenvalue weighted by Crippen LogP contribution is 2.37. The number of hydrogen-bond acceptors (Lipinski definition) is 5. The molecular formula is C27H24ClNO4S. The van der Waals surface area contributed by atoms with E-state index in [2.05, 4.69) is 5.32 Å². The molecule has 0 spiro atoms. The average Bonchev–Trinajstić information content (AvgIpc) is 3.25. The van der Waals surface area contributed by atoms with Crippen molar-refractivity contribution in [2.75, 3.05) is 18.5 Å². The molecule has 174 valence electrons. The van der Waals surface area contributed by atoms with E-state index >= 15 is 0 Å². The lowest BCUT2D eigenvalue weighted by Crippen LogP contribution is -2.21. The Morgan fingerprint density at radius 3 is 2.59 bits per heavy atom. The van der Waals surface area contributed by atoms with Crippen molar-refractivity contribution in [3.05, 3.63) is 82.2 Å². The lowest BCUT2D eigenvalue weighted by atomic mass is 10.00. The Labute approximate surface area is 207 Å². The lowest BCUT2D eigenvalue weighted by Gasteiger charge is -2.11. The van der Waals surface area contributed by atoms with E-state index in [4.69, 9.17) is 21.1 Å². The highest BCUT2D eigenvalue weighted by molar-refractivity contribution is 7.15. The molecule has 4 aromatic rings. The number of nitrogens with one attached hydrogen (secondary N) is 1. The second-order valence-electron chi connectivity index (χ2n) is 7.80. The van der Waals surface area contributed by atoms with Crippen LogP contribution < -0.4 is 10.1 Å². The quantitative estimate of drug-likeness (QED) is 0.265. The molecule has 1 heterocycles. The van der Waals surface area contributed by atoms with E-state index in [0.29, 0.717) is 34.4 Å². The van der Waals surface area contributed by atoms with E-state index in [1.54, 1.807) is 18.2 Å². The van der Waals surface area contributed by atoms with Crippen LogP contribution in [0, 0.1) is 6.92 Å². The van der Waals surface area contributed by atoms with Gasteiger partial charge in [-0.3, -0.25) is 4.79 Å². The molecule has 3 aromatic carbocycles. The minimum atomic E-state index is -0.462. The van der Waals surface area contributed by atoms with Crippen LogP contribution in [0.4, 0.5) is 5.00 Å². The summed E-state index contributed by atoms with van der Waals surface area (Å²) < 4.78 is 11.1. The van der Waals surface area contributed by atoms with Gasteiger partial charge in [-0.2, -0.15) is 0 Å². The number of carbonyl (C=O) groups excluding carboxylic acids is 2. The van der Waals surface area contributed by atoms with Crippen LogP contribution in [-0.2, 0) is 9.53 Å². The number of rotatable bonds is 8. The molecule has 0 saturated heterocycles. The summed E-state index contributed by atoms with van der Waals surface area (Å²) in [7, 11) is 0. The normalized spacial score (nSPS) is 10.8. The summed E-state index contributed by atoms with van der Waals surface area (Å²) in [5, 5.41) is 7.91. The minimum absolute atomic E-state index is 0.199. The van der Waals surface area contributed by atoms with Crippen LogP contribution in [0.5, 0.6) is 5.75 Å². The zero-order chi connectivity index (χ0) is 24.1. The molecule has 0 aliphatic heterocycles. The maximum atomic E-state index is 13.0. The number of esters is 1. The number of aryl methyl sites for hydroxylation is 1. The van der Waals surface area contributed by atoms with Gasteiger partial charge >= 0.3 is 5.97 Å². The summed E-state index contributed by atoms with van der Waals surface area (Å²) in [4.78, 5) is 25.6. The molecule has 0 unspecified atom stereocenters. The van der Waals surface area contributed by atoms with E-state index in [1.807, 2.05) is 61.7 Å². The maximum absolute atomic E-state index is 13.0. The third kappa shape index (κ3) is 5.41. The number of thiophene rings is 1. The molecule has 0 atom stereocenters. The highest BCUT2D eigenvalue weighted by Gasteiger charge is 2.23. The van der Waals surface area contributed by atoms with E-state index in [0.717, 1.165) is 27.5 Å². The van der Waals surface area contributed by atoms with Gasteiger partial charge in [-0.15, -0.1) is 11.3 Å². The summed E-state index contributed by atoms with van der Waals surface area (Å²) in [6.45, 7) is 3.90. The molecule has 5 nitrogen and oxygen atoms in total. The Hall–Kier alpha value is -3.35. The first kappa shape index (κ1) is 23.8. The molecule has 34 heavy (non-hydrogen) atoms. The first-order valence-corrected chi connectivity index (χ1v) is 12.2. The average molecular weight is 494 g/mol. The fourth-order valence-corrected chi connectivity index (χ4v) is 4.77. The van der Waals surface area contributed by atoms with Crippen molar-refractivity contribution in [1.29, 1.82) is 0 Å². The zero-order valence-electron chi connectivity index (χ0n) is 18.9. The molecule has 0 saturated carbocycles. The van der Waals surface area contributed by atoms with Crippen molar-refractivity contribution >= 4 is 50.6 Å². The standard InChI is InChI=1S/C27H24ClNO4S/c1-3-12-32-27(31)25-22(20-9-8-18-6-4-5-7-19(18)14-20)16-34-26(25)29-24(30)15-33-23-11-10-21(28)13-17(23)2/h4-11,13-14,16H,3,12,15H2,1-2H3,(H,29,30). The summed E-state index contributed by atoms with van der Waals surface area (Å²) >= 11 is 7.27. The van der Waals surface area contributed by atoms with Gasteiger partial charge in [-0.25, -0.2) is 4.79 Å². The number of halogens is 1. The van der Waals surface area contributed by atoms with Gasteiger partial charge in [0.1, 0.15) is 16.3 Å². The van der Waals surface area contributed by atoms with Crippen LogP contribution in [0.2, 0.25) is 5.02 Å². The summed E-state index contributed by atoms with van der Waals surface area (Å²) in [6.07, 6.45) is 0.706. The van der Waals surface area contributed by atoms with Crippen molar-refractivity contribution in [1.82, 2.24) is 0 Å². The van der Waals surface area contributed by atoms with Crippen molar-refractivity contribution in [2.45, 2.75) is 20.3 Å². The number of ether oxygens (including phenoxy) is 2. The Morgan fingerprint density at radius 2 is 1.82 bits per heavy atom. The van der Waals surface area contributed by atoms with Gasteiger partial charge in [0.25, 0.3) is 5.91 Å². The van der Waals surface area contributed by atoms with Gasteiger partial charge in [0.2, 0.25) is 0 Å². The first-order valence-electron chi connectivity index (χ1n) is 10.9. The van der Waals surface area contributed by atoms with Gasteiger partial charge in [0, 0.05) is 16.0 Å². The van der Waals surface area contributed by atoms with Gasteiger partial charge in [0.05, 0.1) is 6.61 Å². The summed E-state index contributed by atoms with van der Waals surface area (Å²) in [5.74, 6) is -0.257. The van der Waals surface area contributed by atoms with Crippen molar-refractivity contribution < 1.29 is 19.1 Å². The molecule has 1 amide bonds. The number of carbonyl (C=O) groups is 2. The number of anilines is 1. The maximum Gasteiger partial charge on any atom is 0.341 e. The van der Waals surface area contributed by atoms with Crippen molar-refractivity contribution in [2.24, 2.45) is 0 Å². The van der Waals surface area contributed by atoms with E-state index < -0.39 is 5.97 Å². The minimum Gasteiger partial charge on any atom is -0.483 e. The number of hydrogen-bond donors (Lipinski definition) is 1. The number of benzene rings is 3. The van der Waals surface area contributed by atoms with Gasteiger partial charge in [-0.1, -0.05) is 54.9 Å². The Bertz CT molecular complexity index is 1350. The van der Waals surface area contributed by atoms with Crippen LogP contribution in [0.15, 0.2) is 66.0 Å². The SMILES string of the molecule is CCCOC(=O)c1c(-c2ccc3ccccc3c2)csc1NC(=O)COc1ccc(Cl)cc1C. The Kier molecular flexibility index (Phi) is 7.50. The molecule has 7 heteroatoms. The molecule has 1 N–H and O–H groups in total. The van der Waals surface area contributed by atoms with Crippen molar-refractivity contribution in [3.63, 3.8) is 0 Å². The first-order chi connectivity index (χ1) is 16.5. The monoisotopic (exact) mass is 493 g/mol. The van der Waals surface area contributed by atoms with Gasteiger partial charge in [-0.05, 0) is 59.5 Å². The molecule has 0 aliphatic carbocycles. The molecule has 4 rings (SSSR count). The summed E-state index contributed by atoms with van der Waals surface area (Å²) in [6, 6.07) is 19.3. The molecular weight excluding hydrogens is 470 g/mol.